The van der Waals surface area contributed by atoms with Crippen LogP contribution in [-0.2, 0) is 10.8 Å². The fraction of sp³-hybridized carbons (Fsp3) is 0.556. The van der Waals surface area contributed by atoms with Gasteiger partial charge >= 0.3 is 0 Å². The molecule has 2 rings (SSSR count). The van der Waals surface area contributed by atoms with Gasteiger partial charge in [0.2, 0.25) is 0 Å². The van der Waals surface area contributed by atoms with Gasteiger partial charge in [0, 0.05) is 0 Å². The highest BCUT2D eigenvalue weighted by atomic mass is 28.3. The Kier molecular flexibility index (Phi) is 6.91. The summed E-state index contributed by atoms with van der Waals surface area (Å²) in [6.45, 7) is 30.8. The zero-order valence-corrected chi connectivity index (χ0v) is 23.4. The minimum Gasteiger partial charge on any atom is -0.489 e. The predicted molar refractivity (Wildman–Crippen MR) is 141 cm³/mol. The second-order valence-corrected chi connectivity index (χ2v) is 21.8. The van der Waals surface area contributed by atoms with E-state index in [1.54, 1.807) is 10.4 Å². The molecule has 0 spiro atoms. The third kappa shape index (κ3) is 5.11. The van der Waals surface area contributed by atoms with E-state index in [0.717, 1.165) is 12.2 Å². The Bertz CT molecular complexity index is 866. The summed E-state index contributed by atoms with van der Waals surface area (Å²) in [5.74, 6) is 1.11. The number of hydrogen-bond acceptors (Lipinski definition) is 1. The maximum atomic E-state index is 6.46. The summed E-state index contributed by atoms with van der Waals surface area (Å²) in [5, 5.41) is 4.82. The van der Waals surface area contributed by atoms with E-state index in [2.05, 4.69) is 105 Å². The highest BCUT2D eigenvalue weighted by Crippen LogP contribution is 2.39. The second kappa shape index (κ2) is 8.31. The van der Waals surface area contributed by atoms with E-state index in [9.17, 15) is 0 Å². The number of benzene rings is 1. The van der Waals surface area contributed by atoms with Crippen molar-refractivity contribution in [2.75, 3.05) is 6.61 Å². The van der Waals surface area contributed by atoms with Gasteiger partial charge in [-0.05, 0) is 33.6 Å². The fourth-order valence-corrected chi connectivity index (χ4v) is 11.0. The molecule has 0 radical (unpaired) electrons. The van der Waals surface area contributed by atoms with Crippen molar-refractivity contribution in [3.05, 3.63) is 58.5 Å². The molecular formula is C27H44OSi2. The van der Waals surface area contributed by atoms with E-state index in [1.807, 2.05) is 6.08 Å². The number of rotatable bonds is 6. The summed E-state index contributed by atoms with van der Waals surface area (Å²) < 4.78 is 6.46. The van der Waals surface area contributed by atoms with E-state index in [1.165, 1.54) is 16.3 Å². The molecule has 0 heterocycles. The number of ether oxygens (including phenoxy) is 1. The topological polar surface area (TPSA) is 9.23 Å². The second-order valence-electron chi connectivity index (χ2n) is 12.4. The number of hydrogen-bond donors (Lipinski definition) is 0. The molecule has 30 heavy (non-hydrogen) atoms. The van der Waals surface area contributed by atoms with Crippen LogP contribution in [0.1, 0.15) is 59.1 Å². The first-order chi connectivity index (χ1) is 13.5. The van der Waals surface area contributed by atoms with E-state index < -0.39 is 16.1 Å². The van der Waals surface area contributed by atoms with Crippen LogP contribution in [-0.4, -0.2) is 22.8 Å². The van der Waals surface area contributed by atoms with Crippen molar-refractivity contribution in [1.82, 2.24) is 0 Å². The molecule has 0 amide bonds. The molecule has 0 aromatic heterocycles. The van der Waals surface area contributed by atoms with Gasteiger partial charge in [0.05, 0.1) is 8.07 Å². The normalized spacial score (nSPS) is 15.7. The molecule has 0 unspecified atom stereocenters. The van der Waals surface area contributed by atoms with Gasteiger partial charge in [0.15, 0.2) is 0 Å². The molecule has 1 nitrogen and oxygen atoms in total. The van der Waals surface area contributed by atoms with Gasteiger partial charge in [-0.25, -0.2) is 0 Å². The van der Waals surface area contributed by atoms with E-state index in [-0.39, 0.29) is 10.8 Å². The molecule has 0 N–H and O–H groups in total. The third-order valence-electron chi connectivity index (χ3n) is 6.28. The van der Waals surface area contributed by atoms with E-state index in [4.69, 9.17) is 4.74 Å². The first-order valence-corrected chi connectivity index (χ1v) is 17.8. The van der Waals surface area contributed by atoms with Crippen molar-refractivity contribution >= 4 is 21.3 Å². The minimum absolute atomic E-state index is 0.0148. The molecule has 1 aliphatic carbocycles. The van der Waals surface area contributed by atoms with Crippen molar-refractivity contribution in [3.8, 4) is 5.75 Å². The molecule has 0 saturated heterocycles. The molecule has 3 heteroatoms. The van der Waals surface area contributed by atoms with Gasteiger partial charge in [-0.3, -0.25) is 0 Å². The average Bonchev–Trinajstić information content (AvgIpc) is 3.08. The Morgan fingerprint density at radius 1 is 0.967 bits per heavy atom. The lowest BCUT2D eigenvalue weighted by Crippen LogP contribution is -2.47. The molecule has 0 aliphatic heterocycles. The summed E-state index contributed by atoms with van der Waals surface area (Å²) in [6, 6.07) is 4.88. The van der Waals surface area contributed by atoms with Crippen molar-refractivity contribution in [1.29, 1.82) is 0 Å². The van der Waals surface area contributed by atoms with Crippen LogP contribution in [0.5, 0.6) is 5.75 Å². The molecule has 0 saturated carbocycles. The Morgan fingerprint density at radius 3 is 2.03 bits per heavy atom. The summed E-state index contributed by atoms with van der Waals surface area (Å²) in [7, 11) is -3.34. The van der Waals surface area contributed by atoms with Gasteiger partial charge in [-0.15, -0.1) is 0 Å². The van der Waals surface area contributed by atoms with Crippen LogP contribution >= 0.6 is 0 Å². The molecule has 166 valence electrons. The molecule has 1 aromatic rings. The summed E-state index contributed by atoms with van der Waals surface area (Å²) in [6.07, 6.45) is 7.79. The maximum Gasteiger partial charge on any atom is 0.123 e. The van der Waals surface area contributed by atoms with Crippen LogP contribution < -0.4 is 9.92 Å². The average molecular weight is 441 g/mol. The Balaban J connectivity index is 2.89. The molecule has 0 bridgehead atoms. The number of allylic oxidation sites excluding steroid dienone is 4. The van der Waals surface area contributed by atoms with Crippen molar-refractivity contribution in [2.24, 2.45) is 0 Å². The smallest absolute Gasteiger partial charge is 0.123 e. The minimum atomic E-state index is -1.94. The van der Waals surface area contributed by atoms with Crippen LogP contribution in [0.4, 0.5) is 0 Å². The summed E-state index contributed by atoms with van der Waals surface area (Å²) in [5.41, 5.74) is 2.85. The van der Waals surface area contributed by atoms with Crippen molar-refractivity contribution < 1.29 is 4.74 Å². The third-order valence-corrected chi connectivity index (χ3v) is 12.3. The largest absolute Gasteiger partial charge is 0.489 e. The van der Waals surface area contributed by atoms with Crippen LogP contribution in [0.15, 0.2) is 47.3 Å². The summed E-state index contributed by atoms with van der Waals surface area (Å²) >= 11 is 0. The summed E-state index contributed by atoms with van der Waals surface area (Å²) in [4.78, 5) is 0. The van der Waals surface area contributed by atoms with E-state index >= 15 is 0 Å². The SMILES string of the molecule is C=CCOc1c(C(C)(C)C)cc(C(C)(C)C)cc1[Si](C)(C)C1=C([Si](C)(C)C)C=CC1. The first kappa shape index (κ1) is 24.9. The van der Waals surface area contributed by atoms with Crippen LogP contribution in [0, 0.1) is 0 Å². The van der Waals surface area contributed by atoms with Crippen molar-refractivity contribution in [3.63, 3.8) is 0 Å². The van der Waals surface area contributed by atoms with Gasteiger partial charge in [-0.1, -0.05) is 122 Å². The lowest BCUT2D eigenvalue weighted by Gasteiger charge is -2.36. The molecule has 1 aliphatic rings. The quantitative estimate of drug-likeness (QED) is 0.330. The van der Waals surface area contributed by atoms with Gasteiger partial charge in [0.1, 0.15) is 20.4 Å². The Hall–Kier alpha value is -1.33. The lowest BCUT2D eigenvalue weighted by molar-refractivity contribution is 0.353. The first-order valence-electron chi connectivity index (χ1n) is 11.3. The highest BCUT2D eigenvalue weighted by Gasteiger charge is 2.39. The van der Waals surface area contributed by atoms with Gasteiger partial charge in [0.25, 0.3) is 0 Å². The Labute approximate surface area is 188 Å². The Morgan fingerprint density at radius 2 is 1.57 bits per heavy atom. The fourth-order valence-electron chi connectivity index (χ4n) is 4.34. The standard InChI is InChI=1S/C27H44OSi2/c1-13-17-28-25-21(27(5,6)7)18-20(26(2,3)4)19-24(25)30(11,12)23-16-14-15-22(23)29(8,9)10/h13-15,18-19H,1,16-17H2,2-12H3. The predicted octanol–water partition coefficient (Wildman–Crippen LogP) is 7.43. The molecule has 0 fully saturated rings. The zero-order valence-electron chi connectivity index (χ0n) is 21.4. The molecular weight excluding hydrogens is 396 g/mol. The monoisotopic (exact) mass is 440 g/mol. The van der Waals surface area contributed by atoms with E-state index in [0.29, 0.717) is 6.61 Å². The lowest BCUT2D eigenvalue weighted by atomic mass is 9.80. The van der Waals surface area contributed by atoms with Crippen molar-refractivity contribution in [2.45, 2.75) is 91.5 Å². The van der Waals surface area contributed by atoms with Crippen LogP contribution in [0.25, 0.3) is 0 Å². The zero-order chi connectivity index (χ0) is 23.1. The maximum absolute atomic E-state index is 6.46. The molecule has 0 atom stereocenters. The van der Waals surface area contributed by atoms with Gasteiger partial charge < -0.3 is 4.74 Å². The van der Waals surface area contributed by atoms with Crippen LogP contribution in [0.2, 0.25) is 32.7 Å². The van der Waals surface area contributed by atoms with Gasteiger partial charge in [-0.2, -0.15) is 0 Å². The molecule has 1 aromatic carbocycles. The highest BCUT2D eigenvalue weighted by molar-refractivity contribution is 6.98. The van der Waals surface area contributed by atoms with Crippen LogP contribution in [0.3, 0.4) is 0 Å².